The fraction of sp³-hybridized carbons (Fsp3) is 0.562. The molecule has 0 spiro atoms. The Hall–Kier alpha value is -1.75. The summed E-state index contributed by atoms with van der Waals surface area (Å²) < 4.78 is 10.6. The monoisotopic (exact) mass is 292 g/mol. The van der Waals surface area contributed by atoms with Crippen LogP contribution in [0.1, 0.15) is 19.8 Å². The van der Waals surface area contributed by atoms with Gasteiger partial charge in [0, 0.05) is 32.5 Å². The van der Waals surface area contributed by atoms with Crippen LogP contribution in [0.2, 0.25) is 0 Å². The van der Waals surface area contributed by atoms with Crippen molar-refractivity contribution in [1.29, 1.82) is 0 Å². The first-order valence-electron chi connectivity index (χ1n) is 7.50. The maximum absolute atomic E-state index is 12.2. The molecule has 0 atom stereocenters. The molecule has 0 aliphatic carbocycles. The minimum Gasteiger partial charge on any atom is -0.494 e. The van der Waals surface area contributed by atoms with Crippen LogP contribution in [0.4, 0.5) is 10.5 Å². The van der Waals surface area contributed by atoms with Crippen LogP contribution >= 0.6 is 0 Å². The van der Waals surface area contributed by atoms with Gasteiger partial charge in [0.25, 0.3) is 0 Å². The van der Waals surface area contributed by atoms with Crippen molar-refractivity contribution < 1.29 is 14.3 Å². The van der Waals surface area contributed by atoms with Gasteiger partial charge in [-0.1, -0.05) is 0 Å². The first-order chi connectivity index (χ1) is 10.2. The fourth-order valence-electron chi connectivity index (χ4n) is 2.54. The third-order valence-electron chi connectivity index (χ3n) is 3.72. The zero-order chi connectivity index (χ0) is 15.1. The van der Waals surface area contributed by atoms with Crippen LogP contribution < -0.4 is 10.1 Å². The second kappa shape index (κ2) is 7.88. The quantitative estimate of drug-likeness (QED) is 0.907. The molecule has 1 aromatic carbocycles. The second-order valence-electron chi connectivity index (χ2n) is 5.27. The highest BCUT2D eigenvalue weighted by Gasteiger charge is 2.22. The van der Waals surface area contributed by atoms with Gasteiger partial charge in [-0.25, -0.2) is 4.79 Å². The zero-order valence-electron chi connectivity index (χ0n) is 12.8. The Morgan fingerprint density at radius 1 is 1.29 bits per heavy atom. The molecular weight excluding hydrogens is 268 g/mol. The van der Waals surface area contributed by atoms with Crippen molar-refractivity contribution in [3.63, 3.8) is 0 Å². The lowest BCUT2D eigenvalue weighted by atomic mass is 9.98. The number of hydrogen-bond acceptors (Lipinski definition) is 3. The number of nitrogens with zero attached hydrogens (tertiary/aromatic N) is 1. The molecule has 1 N–H and O–H groups in total. The third-order valence-corrected chi connectivity index (χ3v) is 3.72. The molecular formula is C16H24N2O3. The first-order valence-corrected chi connectivity index (χ1v) is 7.50. The van der Waals surface area contributed by atoms with E-state index >= 15 is 0 Å². The van der Waals surface area contributed by atoms with Gasteiger partial charge < -0.3 is 19.7 Å². The zero-order valence-corrected chi connectivity index (χ0v) is 12.8. The summed E-state index contributed by atoms with van der Waals surface area (Å²) in [7, 11) is 1.73. The average molecular weight is 292 g/mol. The van der Waals surface area contributed by atoms with Crippen molar-refractivity contribution >= 4 is 11.7 Å². The number of carbonyl (C=O) groups is 1. The SMILES string of the molecule is CCOc1ccc(NC(=O)N2CCC(COC)CC2)cc1. The molecule has 0 aromatic heterocycles. The Bertz CT molecular complexity index is 439. The molecule has 0 unspecified atom stereocenters. The van der Waals surface area contributed by atoms with Crippen LogP contribution in [-0.2, 0) is 4.74 Å². The Balaban J connectivity index is 1.81. The van der Waals surface area contributed by atoms with E-state index in [0.29, 0.717) is 12.5 Å². The van der Waals surface area contributed by atoms with Gasteiger partial charge in [0.15, 0.2) is 0 Å². The van der Waals surface area contributed by atoms with Gasteiger partial charge in [-0.05, 0) is 49.9 Å². The highest BCUT2D eigenvalue weighted by molar-refractivity contribution is 5.89. The van der Waals surface area contributed by atoms with Gasteiger partial charge in [-0.15, -0.1) is 0 Å². The molecule has 1 fully saturated rings. The number of benzene rings is 1. The van der Waals surface area contributed by atoms with Crippen molar-refractivity contribution in [2.24, 2.45) is 5.92 Å². The molecule has 0 saturated carbocycles. The number of carbonyl (C=O) groups excluding carboxylic acids is 1. The molecule has 2 rings (SSSR count). The number of likely N-dealkylation sites (tertiary alicyclic amines) is 1. The van der Waals surface area contributed by atoms with Gasteiger partial charge in [0.1, 0.15) is 5.75 Å². The number of ether oxygens (including phenoxy) is 2. The predicted octanol–water partition coefficient (Wildman–Crippen LogP) is 2.98. The standard InChI is InChI=1S/C16H24N2O3/c1-3-21-15-6-4-14(5-7-15)17-16(19)18-10-8-13(9-11-18)12-20-2/h4-7,13H,3,8-12H2,1-2H3,(H,17,19). The van der Waals surface area contributed by atoms with E-state index in [1.54, 1.807) is 7.11 Å². The van der Waals surface area contributed by atoms with Crippen molar-refractivity contribution in [2.45, 2.75) is 19.8 Å². The van der Waals surface area contributed by atoms with Crippen LogP contribution in [0.3, 0.4) is 0 Å². The number of urea groups is 1. The summed E-state index contributed by atoms with van der Waals surface area (Å²) >= 11 is 0. The highest BCUT2D eigenvalue weighted by Crippen LogP contribution is 2.19. The fourth-order valence-corrected chi connectivity index (χ4v) is 2.54. The van der Waals surface area contributed by atoms with E-state index in [-0.39, 0.29) is 6.03 Å². The van der Waals surface area contributed by atoms with Crippen LogP contribution in [0.15, 0.2) is 24.3 Å². The molecule has 1 aromatic rings. The Labute approximate surface area is 126 Å². The van der Waals surface area contributed by atoms with Crippen LogP contribution in [-0.4, -0.2) is 44.3 Å². The van der Waals surface area contributed by atoms with Gasteiger partial charge in [-0.2, -0.15) is 0 Å². The van der Waals surface area contributed by atoms with Crippen LogP contribution in [0.25, 0.3) is 0 Å². The molecule has 5 nitrogen and oxygen atoms in total. The van der Waals surface area contributed by atoms with Crippen molar-refractivity contribution in [2.75, 3.05) is 38.7 Å². The molecule has 116 valence electrons. The predicted molar refractivity (Wildman–Crippen MR) is 82.8 cm³/mol. The summed E-state index contributed by atoms with van der Waals surface area (Å²) in [5, 5.41) is 2.93. The van der Waals surface area contributed by atoms with E-state index in [0.717, 1.165) is 44.0 Å². The largest absolute Gasteiger partial charge is 0.494 e. The molecule has 21 heavy (non-hydrogen) atoms. The molecule has 1 aliphatic rings. The lowest BCUT2D eigenvalue weighted by Gasteiger charge is -2.31. The minimum absolute atomic E-state index is 0.0324. The number of anilines is 1. The van der Waals surface area contributed by atoms with Crippen molar-refractivity contribution in [3.8, 4) is 5.75 Å². The third kappa shape index (κ3) is 4.63. The van der Waals surface area contributed by atoms with Crippen LogP contribution in [0, 0.1) is 5.92 Å². The summed E-state index contributed by atoms with van der Waals surface area (Å²) in [5.74, 6) is 1.39. The smallest absolute Gasteiger partial charge is 0.321 e. The Morgan fingerprint density at radius 2 is 1.95 bits per heavy atom. The minimum atomic E-state index is -0.0324. The normalized spacial score (nSPS) is 15.8. The average Bonchev–Trinajstić information content (AvgIpc) is 2.50. The van der Waals surface area contributed by atoms with E-state index in [4.69, 9.17) is 9.47 Å². The number of amides is 2. The number of methoxy groups -OCH3 is 1. The van der Waals surface area contributed by atoms with Crippen molar-refractivity contribution in [1.82, 2.24) is 4.90 Å². The molecule has 1 aliphatic heterocycles. The van der Waals surface area contributed by atoms with E-state index in [2.05, 4.69) is 5.32 Å². The van der Waals surface area contributed by atoms with Gasteiger partial charge in [0.05, 0.1) is 6.61 Å². The summed E-state index contributed by atoms with van der Waals surface area (Å²) in [4.78, 5) is 14.1. The molecule has 0 radical (unpaired) electrons. The molecule has 1 heterocycles. The number of piperidine rings is 1. The summed E-state index contributed by atoms with van der Waals surface area (Å²) in [6.07, 6.45) is 2.01. The van der Waals surface area contributed by atoms with Gasteiger partial charge >= 0.3 is 6.03 Å². The van der Waals surface area contributed by atoms with Gasteiger partial charge in [-0.3, -0.25) is 0 Å². The second-order valence-corrected chi connectivity index (χ2v) is 5.27. The van der Waals surface area contributed by atoms with Crippen LogP contribution in [0.5, 0.6) is 5.75 Å². The topological polar surface area (TPSA) is 50.8 Å². The highest BCUT2D eigenvalue weighted by atomic mass is 16.5. The van der Waals surface area contributed by atoms with Crippen molar-refractivity contribution in [3.05, 3.63) is 24.3 Å². The summed E-state index contributed by atoms with van der Waals surface area (Å²) in [6, 6.07) is 7.42. The Kier molecular flexibility index (Phi) is 5.87. The van der Waals surface area contributed by atoms with E-state index in [1.807, 2.05) is 36.1 Å². The van der Waals surface area contributed by atoms with E-state index in [1.165, 1.54) is 0 Å². The van der Waals surface area contributed by atoms with E-state index in [9.17, 15) is 4.79 Å². The molecule has 0 bridgehead atoms. The maximum atomic E-state index is 12.2. The molecule has 1 saturated heterocycles. The first kappa shape index (κ1) is 15.6. The lowest BCUT2D eigenvalue weighted by Crippen LogP contribution is -2.41. The number of nitrogens with one attached hydrogen (secondary N) is 1. The number of rotatable bonds is 5. The maximum Gasteiger partial charge on any atom is 0.321 e. The van der Waals surface area contributed by atoms with Gasteiger partial charge in [0.2, 0.25) is 0 Å². The lowest BCUT2D eigenvalue weighted by molar-refractivity contribution is 0.110. The summed E-state index contributed by atoms with van der Waals surface area (Å²) in [5.41, 5.74) is 0.794. The number of hydrogen-bond donors (Lipinski definition) is 1. The Morgan fingerprint density at radius 3 is 2.52 bits per heavy atom. The molecule has 5 heteroatoms. The summed E-state index contributed by atoms with van der Waals surface area (Å²) in [6.45, 7) is 4.95. The van der Waals surface area contributed by atoms with E-state index < -0.39 is 0 Å². The molecule has 2 amide bonds.